The third-order valence-corrected chi connectivity index (χ3v) is 5.32. The molecule has 0 unspecified atom stereocenters. The summed E-state index contributed by atoms with van der Waals surface area (Å²) >= 11 is 0. The van der Waals surface area contributed by atoms with Gasteiger partial charge in [0.15, 0.2) is 0 Å². The molecule has 1 aromatic heterocycles. The second-order valence-electron chi connectivity index (χ2n) is 7.44. The van der Waals surface area contributed by atoms with Crippen molar-refractivity contribution in [3.05, 3.63) is 30.1 Å². The summed E-state index contributed by atoms with van der Waals surface area (Å²) in [5, 5.41) is 9.64. The Balaban J connectivity index is 1.70. The predicted octanol–water partition coefficient (Wildman–Crippen LogP) is 1.29. The number of nitrogens with zero attached hydrogens (tertiary/aromatic N) is 3. The van der Waals surface area contributed by atoms with Gasteiger partial charge in [-0.1, -0.05) is 0 Å². The predicted molar refractivity (Wildman–Crippen MR) is 91.0 cm³/mol. The Kier molecular flexibility index (Phi) is 5.18. The van der Waals surface area contributed by atoms with Crippen molar-refractivity contribution in [1.82, 2.24) is 14.8 Å². The van der Waals surface area contributed by atoms with Crippen LogP contribution in [0.2, 0.25) is 0 Å². The van der Waals surface area contributed by atoms with Crippen molar-refractivity contribution in [3.63, 3.8) is 0 Å². The van der Waals surface area contributed by atoms with Crippen LogP contribution >= 0.6 is 0 Å². The molecule has 2 aliphatic rings. The Labute approximate surface area is 143 Å². The first-order valence-electron chi connectivity index (χ1n) is 8.65. The Morgan fingerprint density at radius 3 is 2.58 bits per heavy atom. The molecule has 3 rings (SSSR count). The standard InChI is InChI=1S/C18H27N3O3/c1-18(2,21-7-9-24-10-8-21)13-20-11-15(16(12-20)17(22)23)14-3-5-19-6-4-14/h3-6,15-16H,7-13H2,1-2H3,(H,22,23)/t15-,16+/m1/s1. The molecule has 0 radical (unpaired) electrons. The number of pyridine rings is 1. The molecule has 1 aromatic rings. The first-order chi connectivity index (χ1) is 11.5. The number of aliphatic carboxylic acids is 1. The summed E-state index contributed by atoms with van der Waals surface area (Å²) in [6, 6.07) is 3.88. The highest BCUT2D eigenvalue weighted by Crippen LogP contribution is 2.34. The van der Waals surface area contributed by atoms with Crippen LogP contribution < -0.4 is 0 Å². The van der Waals surface area contributed by atoms with E-state index in [0.29, 0.717) is 6.54 Å². The molecule has 2 aliphatic heterocycles. The molecule has 1 N–H and O–H groups in total. The Hall–Kier alpha value is -1.50. The number of ether oxygens (including phenoxy) is 1. The second-order valence-corrected chi connectivity index (χ2v) is 7.44. The number of morpholine rings is 1. The minimum atomic E-state index is -0.705. The fourth-order valence-electron chi connectivity index (χ4n) is 4.03. The summed E-state index contributed by atoms with van der Waals surface area (Å²) in [6.45, 7) is 10.2. The van der Waals surface area contributed by atoms with Crippen molar-refractivity contribution >= 4 is 5.97 Å². The monoisotopic (exact) mass is 333 g/mol. The molecule has 24 heavy (non-hydrogen) atoms. The van der Waals surface area contributed by atoms with Gasteiger partial charge in [-0.2, -0.15) is 0 Å². The van der Waals surface area contributed by atoms with Gasteiger partial charge in [0.05, 0.1) is 19.1 Å². The molecule has 0 spiro atoms. The fourth-order valence-corrected chi connectivity index (χ4v) is 4.03. The minimum Gasteiger partial charge on any atom is -0.481 e. The Morgan fingerprint density at radius 1 is 1.29 bits per heavy atom. The zero-order chi connectivity index (χ0) is 17.2. The van der Waals surface area contributed by atoms with Crippen LogP contribution in [-0.2, 0) is 9.53 Å². The number of carbonyl (C=O) groups is 1. The van der Waals surface area contributed by atoms with E-state index in [1.807, 2.05) is 12.1 Å². The normalized spacial score (nSPS) is 26.6. The molecule has 6 nitrogen and oxygen atoms in total. The number of carboxylic acids is 1. The quantitative estimate of drug-likeness (QED) is 0.876. The van der Waals surface area contributed by atoms with Gasteiger partial charge >= 0.3 is 5.97 Å². The summed E-state index contributed by atoms with van der Waals surface area (Å²) in [4.78, 5) is 20.5. The fraction of sp³-hybridized carbons (Fsp3) is 0.667. The largest absolute Gasteiger partial charge is 0.481 e. The topological polar surface area (TPSA) is 65.9 Å². The van der Waals surface area contributed by atoms with Crippen molar-refractivity contribution < 1.29 is 14.6 Å². The highest BCUT2D eigenvalue weighted by molar-refractivity contribution is 5.72. The molecule has 0 bridgehead atoms. The highest BCUT2D eigenvalue weighted by atomic mass is 16.5. The molecule has 2 fully saturated rings. The van der Waals surface area contributed by atoms with Crippen LogP contribution in [-0.4, -0.2) is 77.3 Å². The summed E-state index contributed by atoms with van der Waals surface area (Å²) in [7, 11) is 0. The van der Waals surface area contributed by atoms with Crippen LogP contribution in [0.25, 0.3) is 0 Å². The van der Waals surface area contributed by atoms with E-state index >= 15 is 0 Å². The molecular formula is C18H27N3O3. The van der Waals surface area contributed by atoms with Gasteiger partial charge in [0.25, 0.3) is 0 Å². The number of carboxylic acid groups (broad SMARTS) is 1. The van der Waals surface area contributed by atoms with Crippen molar-refractivity contribution in [2.75, 3.05) is 45.9 Å². The third kappa shape index (κ3) is 3.77. The average Bonchev–Trinajstić information content (AvgIpc) is 3.00. The van der Waals surface area contributed by atoms with E-state index in [1.165, 1.54) is 0 Å². The molecule has 2 saturated heterocycles. The van der Waals surface area contributed by atoms with Crippen LogP contribution in [0, 0.1) is 5.92 Å². The molecule has 6 heteroatoms. The lowest BCUT2D eigenvalue weighted by Gasteiger charge is -2.43. The van der Waals surface area contributed by atoms with Gasteiger partial charge < -0.3 is 14.7 Å². The van der Waals surface area contributed by atoms with Gasteiger partial charge in [-0.15, -0.1) is 0 Å². The van der Waals surface area contributed by atoms with E-state index in [2.05, 4.69) is 28.6 Å². The summed E-state index contributed by atoms with van der Waals surface area (Å²) in [5.74, 6) is -1.03. The smallest absolute Gasteiger partial charge is 0.308 e. The van der Waals surface area contributed by atoms with E-state index in [0.717, 1.165) is 45.0 Å². The van der Waals surface area contributed by atoms with E-state index in [-0.39, 0.29) is 17.4 Å². The number of aromatic nitrogens is 1. The lowest BCUT2D eigenvalue weighted by Crippen LogP contribution is -2.55. The molecule has 0 amide bonds. The molecule has 0 aromatic carbocycles. The summed E-state index contributed by atoms with van der Waals surface area (Å²) < 4.78 is 5.45. The lowest BCUT2D eigenvalue weighted by atomic mass is 9.90. The summed E-state index contributed by atoms with van der Waals surface area (Å²) in [6.07, 6.45) is 3.49. The van der Waals surface area contributed by atoms with Crippen LogP contribution in [0.3, 0.4) is 0 Å². The zero-order valence-corrected chi connectivity index (χ0v) is 14.5. The van der Waals surface area contributed by atoms with Crippen molar-refractivity contribution in [3.8, 4) is 0 Å². The molecule has 0 saturated carbocycles. The van der Waals surface area contributed by atoms with Crippen LogP contribution in [0.5, 0.6) is 0 Å². The minimum absolute atomic E-state index is 0.0139. The molecule has 0 aliphatic carbocycles. The number of rotatable bonds is 5. The lowest BCUT2D eigenvalue weighted by molar-refractivity contribution is -0.141. The van der Waals surface area contributed by atoms with Gasteiger partial charge in [-0.05, 0) is 31.5 Å². The Bertz CT molecular complexity index is 558. The van der Waals surface area contributed by atoms with E-state index < -0.39 is 5.97 Å². The SMILES string of the molecule is CC(C)(CN1C[C@H](C(=O)O)[C@@H](c2ccncc2)C1)N1CCOCC1. The maximum atomic E-state index is 11.7. The maximum absolute atomic E-state index is 11.7. The van der Waals surface area contributed by atoms with E-state index in [9.17, 15) is 9.90 Å². The number of hydrogen-bond acceptors (Lipinski definition) is 5. The zero-order valence-electron chi connectivity index (χ0n) is 14.5. The first kappa shape index (κ1) is 17.3. The summed E-state index contributed by atoms with van der Waals surface area (Å²) in [5.41, 5.74) is 1.09. The van der Waals surface area contributed by atoms with Crippen molar-refractivity contribution in [1.29, 1.82) is 0 Å². The van der Waals surface area contributed by atoms with Crippen molar-refractivity contribution in [2.45, 2.75) is 25.3 Å². The van der Waals surface area contributed by atoms with Gasteiger partial charge in [0, 0.05) is 56.6 Å². The third-order valence-electron chi connectivity index (χ3n) is 5.32. The first-order valence-corrected chi connectivity index (χ1v) is 8.65. The van der Waals surface area contributed by atoms with Crippen LogP contribution in [0.15, 0.2) is 24.5 Å². The van der Waals surface area contributed by atoms with Gasteiger partial charge in [0.1, 0.15) is 0 Å². The number of hydrogen-bond donors (Lipinski definition) is 1. The van der Waals surface area contributed by atoms with Crippen LogP contribution in [0.4, 0.5) is 0 Å². The van der Waals surface area contributed by atoms with Gasteiger partial charge in [-0.25, -0.2) is 0 Å². The van der Waals surface area contributed by atoms with Crippen molar-refractivity contribution in [2.24, 2.45) is 5.92 Å². The second kappa shape index (κ2) is 7.17. The molecule has 2 atom stereocenters. The Morgan fingerprint density at radius 2 is 1.96 bits per heavy atom. The van der Waals surface area contributed by atoms with Crippen LogP contribution in [0.1, 0.15) is 25.3 Å². The van der Waals surface area contributed by atoms with E-state index in [1.54, 1.807) is 12.4 Å². The average molecular weight is 333 g/mol. The molecule has 3 heterocycles. The van der Waals surface area contributed by atoms with Gasteiger partial charge in [-0.3, -0.25) is 14.7 Å². The number of likely N-dealkylation sites (tertiary alicyclic amines) is 1. The molecule has 132 valence electrons. The van der Waals surface area contributed by atoms with Gasteiger partial charge in [0.2, 0.25) is 0 Å². The molecular weight excluding hydrogens is 306 g/mol. The highest BCUT2D eigenvalue weighted by Gasteiger charge is 2.41. The maximum Gasteiger partial charge on any atom is 0.308 e. The van der Waals surface area contributed by atoms with E-state index in [4.69, 9.17) is 4.74 Å².